The molecule has 34 heavy (non-hydrogen) atoms. The Morgan fingerprint density at radius 2 is 1.74 bits per heavy atom. The zero-order chi connectivity index (χ0) is 24.5. The van der Waals surface area contributed by atoms with E-state index in [0.717, 1.165) is 11.1 Å². The molecule has 1 aliphatic rings. The summed E-state index contributed by atoms with van der Waals surface area (Å²) >= 11 is 7.83. The first-order valence-electron chi connectivity index (χ1n) is 10.7. The standard InChI is InChI=1S/C26H25ClN2O4S/c1-15-20(23(30)32-3)21(16-10-6-5-7-11-16)22(24(31)33-4)26(2,29-15)25-28-19(14-34-25)17-12-8-9-13-18(17)27/h5-14,21-22,29H,1-4H3. The number of hydrogen-bond acceptors (Lipinski definition) is 7. The van der Waals surface area contributed by atoms with Gasteiger partial charge in [-0.15, -0.1) is 11.3 Å². The van der Waals surface area contributed by atoms with Crippen LogP contribution >= 0.6 is 22.9 Å². The maximum atomic E-state index is 13.4. The number of carbonyl (C=O) groups excluding carboxylic acids is 2. The number of allylic oxidation sites excluding steroid dienone is 1. The molecule has 0 aliphatic carbocycles. The molecule has 0 spiro atoms. The normalized spacial score (nSPS) is 22.1. The van der Waals surface area contributed by atoms with Gasteiger partial charge in [0.1, 0.15) is 10.5 Å². The topological polar surface area (TPSA) is 77.5 Å². The van der Waals surface area contributed by atoms with E-state index in [1.807, 2.05) is 73.8 Å². The van der Waals surface area contributed by atoms with Crippen LogP contribution in [0.3, 0.4) is 0 Å². The van der Waals surface area contributed by atoms with Gasteiger partial charge in [-0.3, -0.25) is 4.79 Å². The first kappa shape index (κ1) is 24.0. The van der Waals surface area contributed by atoms with Crippen molar-refractivity contribution < 1.29 is 19.1 Å². The molecule has 3 atom stereocenters. The van der Waals surface area contributed by atoms with E-state index in [1.54, 1.807) is 0 Å². The Kier molecular flexibility index (Phi) is 6.77. The highest BCUT2D eigenvalue weighted by atomic mass is 35.5. The number of thiazole rings is 1. The van der Waals surface area contributed by atoms with Crippen molar-refractivity contribution in [3.8, 4) is 11.3 Å². The summed E-state index contributed by atoms with van der Waals surface area (Å²) in [6.07, 6.45) is 0. The number of nitrogens with zero attached hydrogens (tertiary/aromatic N) is 1. The van der Waals surface area contributed by atoms with Gasteiger partial charge in [-0.25, -0.2) is 9.78 Å². The van der Waals surface area contributed by atoms with Crippen molar-refractivity contribution in [3.63, 3.8) is 0 Å². The number of halogens is 1. The second-order valence-electron chi connectivity index (χ2n) is 8.26. The largest absolute Gasteiger partial charge is 0.469 e. The monoisotopic (exact) mass is 496 g/mol. The highest BCUT2D eigenvalue weighted by Gasteiger charge is 2.54. The fourth-order valence-corrected chi connectivity index (χ4v) is 5.88. The molecule has 6 nitrogen and oxygen atoms in total. The number of esters is 2. The molecule has 2 aromatic carbocycles. The SMILES string of the molecule is COC(=O)C1=C(C)NC(C)(c2nc(-c3ccccc3Cl)cs2)C(C(=O)OC)C1c1ccccc1. The van der Waals surface area contributed by atoms with E-state index in [4.69, 9.17) is 26.1 Å². The predicted molar refractivity (Wildman–Crippen MR) is 132 cm³/mol. The van der Waals surface area contributed by atoms with Gasteiger partial charge < -0.3 is 14.8 Å². The van der Waals surface area contributed by atoms with E-state index < -0.39 is 29.3 Å². The molecule has 1 N–H and O–H groups in total. The van der Waals surface area contributed by atoms with E-state index in [-0.39, 0.29) is 0 Å². The molecule has 8 heteroatoms. The molecule has 1 aromatic heterocycles. The average Bonchev–Trinajstić information content (AvgIpc) is 3.34. The number of hydrogen-bond donors (Lipinski definition) is 1. The summed E-state index contributed by atoms with van der Waals surface area (Å²) in [5.74, 6) is -2.33. The van der Waals surface area contributed by atoms with Crippen LogP contribution in [0.15, 0.2) is 71.2 Å². The Hall–Kier alpha value is -3.16. The Labute approximate surface area is 207 Å². The third kappa shape index (κ3) is 4.10. The minimum atomic E-state index is -0.959. The second-order valence-corrected chi connectivity index (χ2v) is 9.53. The van der Waals surface area contributed by atoms with Crippen LogP contribution in [0.5, 0.6) is 0 Å². The van der Waals surface area contributed by atoms with Crippen molar-refractivity contribution >= 4 is 34.9 Å². The van der Waals surface area contributed by atoms with E-state index in [1.165, 1.54) is 25.6 Å². The summed E-state index contributed by atoms with van der Waals surface area (Å²) in [7, 11) is 2.69. The summed E-state index contributed by atoms with van der Waals surface area (Å²) in [5.41, 5.74) is 2.40. The molecule has 176 valence electrons. The Balaban J connectivity index is 1.92. The lowest BCUT2D eigenvalue weighted by Crippen LogP contribution is -2.55. The zero-order valence-corrected chi connectivity index (χ0v) is 20.9. The Morgan fingerprint density at radius 3 is 2.38 bits per heavy atom. The lowest BCUT2D eigenvalue weighted by atomic mass is 9.67. The number of benzene rings is 2. The van der Waals surface area contributed by atoms with Gasteiger partial charge in [-0.05, 0) is 25.5 Å². The van der Waals surface area contributed by atoms with Crippen LogP contribution in [0.1, 0.15) is 30.3 Å². The molecule has 2 heterocycles. The van der Waals surface area contributed by atoms with Crippen LogP contribution in [0.25, 0.3) is 11.3 Å². The molecule has 1 aliphatic heterocycles. The fraction of sp³-hybridized carbons (Fsp3) is 0.269. The predicted octanol–water partition coefficient (Wildman–Crippen LogP) is 5.30. The van der Waals surface area contributed by atoms with Gasteiger partial charge in [0.15, 0.2) is 0 Å². The lowest BCUT2D eigenvalue weighted by molar-refractivity contribution is -0.150. The van der Waals surface area contributed by atoms with Crippen molar-refractivity contribution in [1.82, 2.24) is 10.3 Å². The fourth-order valence-electron chi connectivity index (χ4n) is 4.67. The Bertz CT molecular complexity index is 1260. The van der Waals surface area contributed by atoms with Gasteiger partial charge in [-0.2, -0.15) is 0 Å². The molecule has 3 aromatic rings. The van der Waals surface area contributed by atoms with Gasteiger partial charge in [0.05, 0.1) is 31.4 Å². The van der Waals surface area contributed by atoms with E-state index in [2.05, 4.69) is 5.32 Å². The first-order valence-corrected chi connectivity index (χ1v) is 12.0. The van der Waals surface area contributed by atoms with Crippen molar-refractivity contribution in [1.29, 1.82) is 0 Å². The number of carbonyl (C=O) groups is 2. The summed E-state index contributed by atoms with van der Waals surface area (Å²) in [4.78, 5) is 31.1. The van der Waals surface area contributed by atoms with Gasteiger partial charge in [0.2, 0.25) is 0 Å². The highest BCUT2D eigenvalue weighted by molar-refractivity contribution is 7.10. The maximum absolute atomic E-state index is 13.4. The summed E-state index contributed by atoms with van der Waals surface area (Å²) < 4.78 is 10.4. The summed E-state index contributed by atoms with van der Waals surface area (Å²) in [6.45, 7) is 3.73. The van der Waals surface area contributed by atoms with Gasteiger partial charge in [0, 0.05) is 27.6 Å². The van der Waals surface area contributed by atoms with Gasteiger partial charge >= 0.3 is 11.9 Å². The summed E-state index contributed by atoms with van der Waals surface area (Å²) in [6, 6.07) is 16.9. The van der Waals surface area contributed by atoms with Crippen LogP contribution in [0.2, 0.25) is 5.02 Å². The molecule has 0 fully saturated rings. The van der Waals surface area contributed by atoms with E-state index in [0.29, 0.717) is 27.0 Å². The van der Waals surface area contributed by atoms with Crippen LogP contribution < -0.4 is 5.32 Å². The molecular weight excluding hydrogens is 472 g/mol. The zero-order valence-electron chi connectivity index (χ0n) is 19.3. The average molecular weight is 497 g/mol. The van der Waals surface area contributed by atoms with E-state index in [9.17, 15) is 9.59 Å². The highest BCUT2D eigenvalue weighted by Crippen LogP contribution is 2.49. The molecule has 0 saturated carbocycles. The van der Waals surface area contributed by atoms with Crippen molar-refractivity contribution in [2.24, 2.45) is 5.92 Å². The van der Waals surface area contributed by atoms with Crippen molar-refractivity contribution in [2.45, 2.75) is 25.3 Å². The molecule has 4 rings (SSSR count). The first-order chi connectivity index (χ1) is 16.3. The van der Waals surface area contributed by atoms with Crippen molar-refractivity contribution in [3.05, 3.63) is 86.8 Å². The molecule has 0 bridgehead atoms. The molecule has 0 radical (unpaired) electrons. The van der Waals surface area contributed by atoms with Gasteiger partial charge in [0.25, 0.3) is 0 Å². The number of aromatic nitrogens is 1. The molecule has 0 saturated heterocycles. The van der Waals surface area contributed by atoms with Crippen molar-refractivity contribution in [2.75, 3.05) is 14.2 Å². The lowest BCUT2D eigenvalue weighted by Gasteiger charge is -2.45. The van der Waals surface area contributed by atoms with E-state index >= 15 is 0 Å². The third-order valence-corrected chi connectivity index (χ3v) is 7.64. The minimum absolute atomic E-state index is 0.393. The van der Waals surface area contributed by atoms with Crippen LogP contribution in [-0.2, 0) is 24.6 Å². The summed E-state index contributed by atoms with van der Waals surface area (Å²) in [5, 5.41) is 6.61. The number of rotatable bonds is 5. The van der Waals surface area contributed by atoms with Crippen LogP contribution in [-0.4, -0.2) is 31.1 Å². The Morgan fingerprint density at radius 1 is 1.06 bits per heavy atom. The molecule has 0 amide bonds. The third-order valence-electron chi connectivity index (χ3n) is 6.23. The molecular formula is C26H25ClN2O4S. The second kappa shape index (κ2) is 9.60. The molecule has 3 unspecified atom stereocenters. The number of nitrogens with one attached hydrogen (secondary N) is 1. The quantitative estimate of drug-likeness (QED) is 0.483. The number of methoxy groups -OCH3 is 2. The van der Waals surface area contributed by atoms with Crippen LogP contribution in [0.4, 0.5) is 0 Å². The van der Waals surface area contributed by atoms with Crippen LogP contribution in [0, 0.1) is 5.92 Å². The smallest absolute Gasteiger partial charge is 0.336 e. The number of ether oxygens (including phenoxy) is 2. The van der Waals surface area contributed by atoms with Gasteiger partial charge in [-0.1, -0.05) is 60.1 Å². The maximum Gasteiger partial charge on any atom is 0.336 e. The minimum Gasteiger partial charge on any atom is -0.469 e.